The Bertz CT molecular complexity index is 1360. The van der Waals surface area contributed by atoms with Crippen molar-refractivity contribution in [3.05, 3.63) is 50.5 Å². The van der Waals surface area contributed by atoms with Crippen LogP contribution in [0.2, 0.25) is 5.02 Å². The monoisotopic (exact) mass is 470 g/mol. The van der Waals surface area contributed by atoms with E-state index >= 15 is 0 Å². The molecule has 0 bridgehead atoms. The molecule has 1 unspecified atom stereocenters. The number of hydrogen-bond acceptors (Lipinski definition) is 7. The second kappa shape index (κ2) is 8.09. The molecular weight excluding hydrogens is 452 g/mol. The lowest BCUT2D eigenvalue weighted by Crippen LogP contribution is -2.25. The minimum absolute atomic E-state index is 0.00424. The maximum absolute atomic E-state index is 13.3. The number of halogens is 1. The SMILES string of the molecule is Cc1cc(CS(=O)c2[nH]c3c(Cl)ccc(S(C)(=O)=O)c3c(=O)c2C(=O)C(C)C)no1. The summed E-state index contributed by atoms with van der Waals surface area (Å²) in [7, 11) is -5.68. The van der Waals surface area contributed by atoms with Crippen LogP contribution >= 0.6 is 11.6 Å². The van der Waals surface area contributed by atoms with Gasteiger partial charge in [0.2, 0.25) is 5.43 Å². The molecule has 1 N–H and O–H groups in total. The van der Waals surface area contributed by atoms with Crippen LogP contribution in [0.3, 0.4) is 0 Å². The third kappa shape index (κ3) is 4.12. The van der Waals surface area contributed by atoms with Crippen molar-refractivity contribution in [2.45, 2.75) is 36.4 Å². The van der Waals surface area contributed by atoms with Crippen molar-refractivity contribution in [1.29, 1.82) is 0 Å². The van der Waals surface area contributed by atoms with Gasteiger partial charge in [0.15, 0.2) is 15.6 Å². The molecule has 8 nitrogen and oxygen atoms in total. The summed E-state index contributed by atoms with van der Waals surface area (Å²) in [6, 6.07) is 4.14. The van der Waals surface area contributed by atoms with Crippen molar-refractivity contribution in [3.8, 4) is 0 Å². The number of sulfone groups is 1. The standard InChI is InChI=1S/C19H19ClN2O6S2/c1-9(2)17(23)15-18(24)14-13(30(4,26)27)6-5-12(20)16(14)21-19(15)29(25)8-11-7-10(3)28-22-11/h5-7,9H,8H2,1-4H3,(H,21,24). The van der Waals surface area contributed by atoms with E-state index in [1.807, 2.05) is 0 Å². The summed E-state index contributed by atoms with van der Waals surface area (Å²) in [5, 5.41) is 3.50. The van der Waals surface area contributed by atoms with E-state index in [9.17, 15) is 22.2 Å². The molecule has 2 aromatic heterocycles. The highest BCUT2D eigenvalue weighted by Crippen LogP contribution is 2.29. The van der Waals surface area contributed by atoms with Crippen LogP contribution in [0, 0.1) is 12.8 Å². The summed E-state index contributed by atoms with van der Waals surface area (Å²) in [5.74, 6) is -0.736. The molecule has 0 aliphatic carbocycles. The largest absolute Gasteiger partial charge is 0.361 e. The first-order valence-corrected chi connectivity index (χ1v) is 12.4. The van der Waals surface area contributed by atoms with Gasteiger partial charge in [-0.2, -0.15) is 0 Å². The maximum atomic E-state index is 13.3. The Morgan fingerprint density at radius 1 is 1.33 bits per heavy atom. The highest BCUT2D eigenvalue weighted by atomic mass is 35.5. The summed E-state index contributed by atoms with van der Waals surface area (Å²) >= 11 is 6.21. The van der Waals surface area contributed by atoms with Gasteiger partial charge in [-0.15, -0.1) is 0 Å². The number of benzene rings is 1. The van der Waals surface area contributed by atoms with Crippen molar-refractivity contribution >= 4 is 48.9 Å². The van der Waals surface area contributed by atoms with Gasteiger partial charge in [-0.25, -0.2) is 8.42 Å². The van der Waals surface area contributed by atoms with E-state index in [1.54, 1.807) is 26.8 Å². The van der Waals surface area contributed by atoms with Crippen LogP contribution in [-0.4, -0.2) is 34.8 Å². The molecule has 0 spiro atoms. The molecule has 160 valence electrons. The Morgan fingerprint density at radius 3 is 2.53 bits per heavy atom. The minimum Gasteiger partial charge on any atom is -0.361 e. The third-order valence-corrected chi connectivity index (χ3v) is 7.16. The number of H-pyrrole nitrogens is 1. The Kier molecular flexibility index (Phi) is 6.03. The third-order valence-electron chi connectivity index (χ3n) is 4.39. The summed E-state index contributed by atoms with van der Waals surface area (Å²) < 4.78 is 42.5. The summed E-state index contributed by atoms with van der Waals surface area (Å²) in [4.78, 5) is 28.8. The molecule has 0 aliphatic heterocycles. The van der Waals surface area contributed by atoms with Crippen LogP contribution in [-0.2, 0) is 26.4 Å². The Morgan fingerprint density at radius 2 is 2.00 bits per heavy atom. The molecule has 0 amide bonds. The second-order valence-corrected chi connectivity index (χ2v) is 10.9. The molecule has 0 aliphatic rings. The highest BCUT2D eigenvalue weighted by Gasteiger charge is 2.28. The molecule has 3 rings (SSSR count). The van der Waals surface area contributed by atoms with Crippen molar-refractivity contribution in [3.63, 3.8) is 0 Å². The topological polar surface area (TPSA) is 127 Å². The normalized spacial score (nSPS) is 13.1. The molecule has 30 heavy (non-hydrogen) atoms. The number of carbonyl (C=O) groups excluding carboxylic acids is 1. The molecule has 0 radical (unpaired) electrons. The Balaban J connectivity index is 2.37. The molecule has 0 saturated carbocycles. The highest BCUT2D eigenvalue weighted by molar-refractivity contribution is 7.91. The van der Waals surface area contributed by atoms with Gasteiger partial charge in [-0.05, 0) is 19.1 Å². The molecule has 1 aromatic carbocycles. The van der Waals surface area contributed by atoms with E-state index in [-0.39, 0.29) is 37.2 Å². The number of fused-ring (bicyclic) bond motifs is 1. The Labute approximate surface area is 180 Å². The number of nitrogens with zero attached hydrogens (tertiary/aromatic N) is 1. The zero-order valence-electron chi connectivity index (χ0n) is 16.6. The molecule has 3 aromatic rings. The fourth-order valence-electron chi connectivity index (χ4n) is 2.99. The summed E-state index contributed by atoms with van der Waals surface area (Å²) in [6.07, 6.45) is 0.956. The predicted molar refractivity (Wildman–Crippen MR) is 113 cm³/mol. The zero-order chi connectivity index (χ0) is 22.4. The summed E-state index contributed by atoms with van der Waals surface area (Å²) in [5.41, 5.74) is -0.788. The van der Waals surface area contributed by atoms with Crippen molar-refractivity contribution in [2.24, 2.45) is 5.92 Å². The lowest BCUT2D eigenvalue weighted by molar-refractivity contribution is 0.0934. The number of aryl methyl sites for hydroxylation is 1. The number of ketones is 1. The van der Waals surface area contributed by atoms with E-state index in [1.165, 1.54) is 12.1 Å². The van der Waals surface area contributed by atoms with Gasteiger partial charge in [0.1, 0.15) is 10.8 Å². The van der Waals surface area contributed by atoms with Crippen molar-refractivity contribution < 1.29 is 21.9 Å². The maximum Gasteiger partial charge on any atom is 0.202 e. The van der Waals surface area contributed by atoms with Crippen LogP contribution in [0.5, 0.6) is 0 Å². The first-order chi connectivity index (χ1) is 13.9. The smallest absolute Gasteiger partial charge is 0.202 e. The quantitative estimate of drug-likeness (QED) is 0.548. The molecule has 11 heteroatoms. The number of nitrogens with one attached hydrogen (secondary N) is 1. The van der Waals surface area contributed by atoms with E-state index in [4.69, 9.17) is 16.1 Å². The minimum atomic E-state index is -3.80. The van der Waals surface area contributed by atoms with Gasteiger partial charge in [0.05, 0.1) is 48.6 Å². The van der Waals surface area contributed by atoms with Crippen molar-refractivity contribution in [2.75, 3.05) is 6.26 Å². The number of Topliss-reactive ketones (excluding diaryl/α,β-unsaturated/α-hetero) is 1. The van der Waals surface area contributed by atoms with Crippen LogP contribution in [0.1, 0.15) is 35.7 Å². The number of aromatic nitrogens is 2. The lowest BCUT2D eigenvalue weighted by Gasteiger charge is -2.14. The van der Waals surface area contributed by atoms with Gasteiger partial charge >= 0.3 is 0 Å². The summed E-state index contributed by atoms with van der Waals surface area (Å²) in [6.45, 7) is 4.86. The average molecular weight is 471 g/mol. The second-order valence-electron chi connectivity index (χ2n) is 7.16. The Hall–Kier alpha value is -2.30. The van der Waals surface area contributed by atoms with Gasteiger partial charge in [0.25, 0.3) is 0 Å². The number of rotatable bonds is 6. The first-order valence-electron chi connectivity index (χ1n) is 8.85. The van der Waals surface area contributed by atoms with E-state index in [2.05, 4.69) is 10.1 Å². The van der Waals surface area contributed by atoms with E-state index < -0.39 is 37.8 Å². The van der Waals surface area contributed by atoms with Gasteiger partial charge < -0.3 is 9.51 Å². The average Bonchev–Trinajstić information content (AvgIpc) is 3.05. The fourth-order valence-corrected chi connectivity index (χ4v) is 5.27. The number of pyridine rings is 1. The van der Waals surface area contributed by atoms with Crippen LogP contribution in [0.4, 0.5) is 0 Å². The lowest BCUT2D eigenvalue weighted by atomic mass is 10.0. The van der Waals surface area contributed by atoms with Gasteiger partial charge in [-0.1, -0.05) is 30.6 Å². The van der Waals surface area contributed by atoms with Crippen LogP contribution in [0.25, 0.3) is 10.9 Å². The van der Waals surface area contributed by atoms with E-state index in [0.717, 1.165) is 6.26 Å². The zero-order valence-corrected chi connectivity index (χ0v) is 19.0. The molecular formula is C19H19ClN2O6S2. The molecule has 2 heterocycles. The predicted octanol–water partition coefficient (Wildman–Crippen LogP) is 3.03. The van der Waals surface area contributed by atoms with Crippen LogP contribution < -0.4 is 5.43 Å². The number of carbonyl (C=O) groups is 1. The molecule has 1 atom stereocenters. The molecule has 0 saturated heterocycles. The van der Waals surface area contributed by atoms with Crippen molar-refractivity contribution in [1.82, 2.24) is 10.1 Å². The molecule has 0 fully saturated rings. The van der Waals surface area contributed by atoms with Gasteiger partial charge in [0, 0.05) is 18.2 Å². The van der Waals surface area contributed by atoms with Gasteiger partial charge in [-0.3, -0.25) is 13.8 Å². The fraction of sp³-hybridized carbons (Fsp3) is 0.316. The number of hydrogen-bond donors (Lipinski definition) is 1. The first kappa shape index (κ1) is 22.4. The number of aromatic amines is 1. The van der Waals surface area contributed by atoms with Crippen LogP contribution in [0.15, 0.2) is 37.4 Å². The van der Waals surface area contributed by atoms with E-state index in [0.29, 0.717) is 11.5 Å².